The Bertz CT molecular complexity index is 718. The van der Waals surface area contributed by atoms with E-state index in [1.165, 1.54) is 4.68 Å². The molecule has 0 aliphatic heterocycles. The number of carbonyl (C=O) groups is 1. The van der Waals surface area contributed by atoms with Crippen LogP contribution in [-0.2, 0) is 17.8 Å². The number of anilines is 1. The molecule has 2 rings (SSSR count). The van der Waals surface area contributed by atoms with Crippen molar-refractivity contribution in [3.05, 3.63) is 36.0 Å². The lowest BCUT2D eigenvalue weighted by molar-refractivity contribution is -0.116. The number of nitriles is 1. The third-order valence-corrected chi connectivity index (χ3v) is 3.23. The molecule has 7 heteroatoms. The predicted molar refractivity (Wildman–Crippen MR) is 84.3 cm³/mol. The number of hydrogen-bond acceptors (Lipinski definition) is 5. The quantitative estimate of drug-likeness (QED) is 0.844. The molecule has 0 aliphatic carbocycles. The number of amides is 1. The number of methoxy groups -OCH3 is 2. The molecule has 0 atom stereocenters. The minimum Gasteiger partial charge on any atom is -0.493 e. The van der Waals surface area contributed by atoms with E-state index in [0.717, 1.165) is 5.56 Å². The Morgan fingerprint density at radius 2 is 2.09 bits per heavy atom. The Hall–Kier alpha value is -3.01. The molecule has 0 saturated carbocycles. The molecule has 1 N–H and O–H groups in total. The molecule has 1 amide bonds. The molecule has 1 heterocycles. The van der Waals surface area contributed by atoms with Crippen LogP contribution in [0.5, 0.6) is 11.5 Å². The first-order chi connectivity index (χ1) is 11.2. The van der Waals surface area contributed by atoms with Crippen molar-refractivity contribution in [3.8, 4) is 17.6 Å². The van der Waals surface area contributed by atoms with Crippen molar-refractivity contribution >= 4 is 11.7 Å². The number of hydrogen-bond donors (Lipinski definition) is 1. The molecule has 0 fully saturated rings. The van der Waals surface area contributed by atoms with Gasteiger partial charge < -0.3 is 14.8 Å². The predicted octanol–water partition coefficient (Wildman–Crippen LogP) is 2.00. The van der Waals surface area contributed by atoms with Gasteiger partial charge in [0.2, 0.25) is 5.91 Å². The maximum Gasteiger partial charge on any atom is 0.225 e. The van der Waals surface area contributed by atoms with Crippen molar-refractivity contribution in [2.75, 3.05) is 19.5 Å². The van der Waals surface area contributed by atoms with Crippen LogP contribution in [0.2, 0.25) is 0 Å². The van der Waals surface area contributed by atoms with Crippen molar-refractivity contribution in [3.63, 3.8) is 0 Å². The van der Waals surface area contributed by atoms with Crippen LogP contribution >= 0.6 is 0 Å². The first kappa shape index (κ1) is 16.4. The van der Waals surface area contributed by atoms with E-state index in [-0.39, 0.29) is 12.5 Å². The lowest BCUT2D eigenvalue weighted by Crippen LogP contribution is -2.13. The molecule has 0 aliphatic rings. The van der Waals surface area contributed by atoms with Crippen molar-refractivity contribution in [1.29, 1.82) is 5.26 Å². The van der Waals surface area contributed by atoms with Crippen LogP contribution in [0.3, 0.4) is 0 Å². The molecule has 2 aromatic rings. The second-order valence-electron chi connectivity index (χ2n) is 4.79. The van der Waals surface area contributed by atoms with Gasteiger partial charge in [-0.05, 0) is 24.1 Å². The Morgan fingerprint density at radius 1 is 1.30 bits per heavy atom. The lowest BCUT2D eigenvalue weighted by atomic mass is 10.1. The second-order valence-corrected chi connectivity index (χ2v) is 4.79. The first-order valence-corrected chi connectivity index (χ1v) is 7.07. The van der Waals surface area contributed by atoms with Crippen molar-refractivity contribution in [1.82, 2.24) is 9.78 Å². The summed E-state index contributed by atoms with van der Waals surface area (Å²) in [6.07, 6.45) is 2.54. The normalized spacial score (nSPS) is 9.96. The summed E-state index contributed by atoms with van der Waals surface area (Å²) in [6, 6.07) is 9.21. The number of nitrogens with zero attached hydrogens (tertiary/aromatic N) is 3. The van der Waals surface area contributed by atoms with Gasteiger partial charge >= 0.3 is 0 Å². The molecule has 0 spiro atoms. The van der Waals surface area contributed by atoms with E-state index in [9.17, 15) is 4.79 Å². The van der Waals surface area contributed by atoms with Gasteiger partial charge in [-0.3, -0.25) is 9.48 Å². The summed E-state index contributed by atoms with van der Waals surface area (Å²) in [6.45, 7) is 0.154. The molecule has 0 bridgehead atoms. The zero-order chi connectivity index (χ0) is 16.7. The Balaban J connectivity index is 1.90. The van der Waals surface area contributed by atoms with Gasteiger partial charge in [0.15, 0.2) is 17.3 Å². The molecule has 1 aromatic carbocycles. The van der Waals surface area contributed by atoms with E-state index >= 15 is 0 Å². The number of benzene rings is 1. The average molecular weight is 314 g/mol. The molecule has 0 saturated heterocycles. The minimum absolute atomic E-state index is 0.137. The molecule has 0 radical (unpaired) electrons. The summed E-state index contributed by atoms with van der Waals surface area (Å²) in [5.74, 6) is 1.60. The second kappa shape index (κ2) is 7.84. The summed E-state index contributed by atoms with van der Waals surface area (Å²) in [4.78, 5) is 11.9. The van der Waals surface area contributed by atoms with E-state index in [1.807, 2.05) is 24.3 Å². The van der Waals surface area contributed by atoms with Crippen LogP contribution < -0.4 is 14.8 Å². The number of ether oxygens (including phenoxy) is 2. The number of carbonyl (C=O) groups excluding carboxylic acids is 1. The highest BCUT2D eigenvalue weighted by molar-refractivity contribution is 5.89. The van der Waals surface area contributed by atoms with Crippen molar-refractivity contribution in [2.24, 2.45) is 0 Å². The van der Waals surface area contributed by atoms with E-state index in [4.69, 9.17) is 14.7 Å². The maximum absolute atomic E-state index is 11.9. The highest BCUT2D eigenvalue weighted by Gasteiger charge is 2.08. The summed E-state index contributed by atoms with van der Waals surface area (Å²) >= 11 is 0. The fourth-order valence-electron chi connectivity index (χ4n) is 2.09. The molecule has 23 heavy (non-hydrogen) atoms. The SMILES string of the molecule is COc1ccc(CCC(=O)Nc2ccn(CC#N)n2)cc1OC. The lowest BCUT2D eigenvalue weighted by Gasteiger charge is -2.09. The molecule has 7 nitrogen and oxygen atoms in total. The number of rotatable bonds is 7. The van der Waals surface area contributed by atoms with Gasteiger partial charge in [0.25, 0.3) is 0 Å². The van der Waals surface area contributed by atoms with Crippen LogP contribution in [0.1, 0.15) is 12.0 Å². The minimum atomic E-state index is -0.137. The van der Waals surface area contributed by atoms with Gasteiger partial charge in [0, 0.05) is 18.7 Å². The van der Waals surface area contributed by atoms with Gasteiger partial charge in [-0.15, -0.1) is 0 Å². The Labute approximate surface area is 134 Å². The Morgan fingerprint density at radius 3 is 2.78 bits per heavy atom. The standard InChI is InChI=1S/C16H18N4O3/c1-22-13-5-3-12(11-14(13)23-2)4-6-16(21)18-15-7-9-20(19-15)10-8-17/h3,5,7,9,11H,4,6,10H2,1-2H3,(H,18,19,21). The topological polar surface area (TPSA) is 89.2 Å². The first-order valence-electron chi connectivity index (χ1n) is 7.07. The summed E-state index contributed by atoms with van der Waals surface area (Å²) in [5, 5.41) is 15.4. The van der Waals surface area contributed by atoms with E-state index in [2.05, 4.69) is 10.4 Å². The zero-order valence-corrected chi connectivity index (χ0v) is 13.1. The summed E-state index contributed by atoms with van der Waals surface area (Å²) in [5.41, 5.74) is 0.979. The van der Waals surface area contributed by atoms with Crippen LogP contribution in [0, 0.1) is 11.3 Å². The van der Waals surface area contributed by atoms with E-state index in [0.29, 0.717) is 30.2 Å². The monoisotopic (exact) mass is 314 g/mol. The Kier molecular flexibility index (Phi) is 5.58. The van der Waals surface area contributed by atoms with Gasteiger partial charge in [-0.2, -0.15) is 10.4 Å². The zero-order valence-electron chi connectivity index (χ0n) is 13.1. The van der Waals surface area contributed by atoms with E-state index < -0.39 is 0 Å². The van der Waals surface area contributed by atoms with Crippen LogP contribution in [0.25, 0.3) is 0 Å². The van der Waals surface area contributed by atoms with Gasteiger partial charge in [-0.25, -0.2) is 0 Å². The van der Waals surface area contributed by atoms with Gasteiger partial charge in [0.1, 0.15) is 6.54 Å². The largest absolute Gasteiger partial charge is 0.493 e. The highest BCUT2D eigenvalue weighted by Crippen LogP contribution is 2.27. The number of nitrogens with one attached hydrogen (secondary N) is 1. The third kappa shape index (κ3) is 4.48. The highest BCUT2D eigenvalue weighted by atomic mass is 16.5. The van der Waals surface area contributed by atoms with Crippen LogP contribution in [-0.4, -0.2) is 29.9 Å². The third-order valence-electron chi connectivity index (χ3n) is 3.23. The number of aryl methyl sites for hydroxylation is 1. The summed E-state index contributed by atoms with van der Waals surface area (Å²) < 4.78 is 11.9. The van der Waals surface area contributed by atoms with Crippen molar-refractivity contribution in [2.45, 2.75) is 19.4 Å². The fourth-order valence-corrected chi connectivity index (χ4v) is 2.09. The molecular formula is C16H18N4O3. The maximum atomic E-state index is 11.9. The average Bonchev–Trinajstić information content (AvgIpc) is 3.00. The number of aromatic nitrogens is 2. The summed E-state index contributed by atoms with van der Waals surface area (Å²) in [7, 11) is 3.16. The molecule has 1 aromatic heterocycles. The van der Waals surface area contributed by atoms with Crippen molar-refractivity contribution < 1.29 is 14.3 Å². The van der Waals surface area contributed by atoms with Gasteiger partial charge in [0.05, 0.1) is 20.3 Å². The van der Waals surface area contributed by atoms with Crippen LogP contribution in [0.4, 0.5) is 5.82 Å². The molecular weight excluding hydrogens is 296 g/mol. The fraction of sp³-hybridized carbons (Fsp3) is 0.312. The molecule has 120 valence electrons. The molecule has 0 unspecified atom stereocenters. The van der Waals surface area contributed by atoms with E-state index in [1.54, 1.807) is 26.5 Å². The van der Waals surface area contributed by atoms with Gasteiger partial charge in [-0.1, -0.05) is 6.07 Å². The van der Waals surface area contributed by atoms with Crippen LogP contribution in [0.15, 0.2) is 30.5 Å². The smallest absolute Gasteiger partial charge is 0.225 e.